The zero-order valence-corrected chi connectivity index (χ0v) is 11.9. The molecule has 0 aliphatic heterocycles. The molecule has 0 saturated carbocycles. The molecule has 0 aliphatic carbocycles. The van der Waals surface area contributed by atoms with Crippen molar-refractivity contribution in [3.8, 4) is 11.6 Å². The number of aryl methyl sites for hydroxylation is 2. The van der Waals surface area contributed by atoms with Gasteiger partial charge in [-0.15, -0.1) is 5.10 Å². The molecule has 0 spiro atoms. The summed E-state index contributed by atoms with van der Waals surface area (Å²) in [6, 6.07) is 7.01. The van der Waals surface area contributed by atoms with Gasteiger partial charge in [-0.05, 0) is 31.2 Å². The van der Waals surface area contributed by atoms with Crippen molar-refractivity contribution in [2.45, 2.75) is 6.92 Å². The Kier molecular flexibility index (Phi) is 3.42. The third kappa shape index (κ3) is 2.71. The van der Waals surface area contributed by atoms with E-state index in [9.17, 15) is 9.18 Å². The van der Waals surface area contributed by atoms with Crippen molar-refractivity contribution >= 4 is 11.9 Å². The Morgan fingerprint density at radius 2 is 2.14 bits per heavy atom. The lowest BCUT2D eigenvalue weighted by molar-refractivity contribution is 0.102. The van der Waals surface area contributed by atoms with Crippen molar-refractivity contribution in [1.82, 2.24) is 20.0 Å². The van der Waals surface area contributed by atoms with Gasteiger partial charge in [0.15, 0.2) is 0 Å². The Labute approximate surface area is 124 Å². The number of nitrogens with one attached hydrogen (secondary N) is 1. The third-order valence-corrected chi connectivity index (χ3v) is 3.07. The molecule has 1 N–H and O–H groups in total. The van der Waals surface area contributed by atoms with Crippen molar-refractivity contribution in [2.24, 2.45) is 7.05 Å². The normalized spacial score (nSPS) is 10.7. The zero-order valence-electron chi connectivity index (χ0n) is 11.9. The van der Waals surface area contributed by atoms with Gasteiger partial charge in [0.05, 0.1) is 0 Å². The van der Waals surface area contributed by atoms with E-state index in [4.69, 9.17) is 4.42 Å². The van der Waals surface area contributed by atoms with Crippen LogP contribution in [-0.2, 0) is 7.05 Å². The van der Waals surface area contributed by atoms with Crippen LogP contribution in [0.1, 0.15) is 16.1 Å². The molecular weight excluding hydrogens is 289 g/mol. The lowest BCUT2D eigenvalue weighted by Gasteiger charge is -1.99. The maximum Gasteiger partial charge on any atom is 0.322 e. The number of rotatable bonds is 3. The van der Waals surface area contributed by atoms with Crippen LogP contribution in [0, 0.1) is 12.7 Å². The molecule has 0 unspecified atom stereocenters. The number of benzene rings is 1. The highest BCUT2D eigenvalue weighted by Gasteiger charge is 2.15. The predicted octanol–water partition coefficient (Wildman–Crippen LogP) is 2.17. The number of carbonyl (C=O) groups excluding carboxylic acids is 1. The third-order valence-electron chi connectivity index (χ3n) is 3.07. The largest absolute Gasteiger partial charge is 0.401 e. The van der Waals surface area contributed by atoms with Crippen molar-refractivity contribution in [3.63, 3.8) is 0 Å². The van der Waals surface area contributed by atoms with Gasteiger partial charge in [0, 0.05) is 18.3 Å². The average molecular weight is 301 g/mol. The molecule has 0 saturated heterocycles. The SMILES string of the molecule is Cc1cc(-c2nnc(NC(=O)c3cccc(F)c3)o2)nn1C. The molecule has 3 rings (SSSR count). The topological polar surface area (TPSA) is 85.8 Å². The van der Waals surface area contributed by atoms with Gasteiger partial charge in [-0.25, -0.2) is 4.39 Å². The van der Waals surface area contributed by atoms with Gasteiger partial charge in [0.1, 0.15) is 11.5 Å². The lowest BCUT2D eigenvalue weighted by atomic mass is 10.2. The standard InChI is InChI=1S/C14H12FN5O2/c1-8-6-11(19-20(8)2)13-17-18-14(22-13)16-12(21)9-4-3-5-10(15)7-9/h3-7H,1-2H3,(H,16,18,21). The Bertz CT molecular complexity index is 820. The summed E-state index contributed by atoms with van der Waals surface area (Å²) < 4.78 is 20.1. The first-order chi connectivity index (χ1) is 10.5. The van der Waals surface area contributed by atoms with E-state index in [0.29, 0.717) is 5.69 Å². The van der Waals surface area contributed by atoms with E-state index >= 15 is 0 Å². The monoisotopic (exact) mass is 301 g/mol. The summed E-state index contributed by atoms with van der Waals surface area (Å²) in [4.78, 5) is 11.9. The molecule has 3 aromatic rings. The van der Waals surface area contributed by atoms with Crippen LogP contribution in [0.4, 0.5) is 10.4 Å². The minimum absolute atomic E-state index is 0.0763. The second kappa shape index (κ2) is 5.40. The summed E-state index contributed by atoms with van der Waals surface area (Å²) >= 11 is 0. The summed E-state index contributed by atoms with van der Waals surface area (Å²) in [6.45, 7) is 1.89. The highest BCUT2D eigenvalue weighted by atomic mass is 19.1. The van der Waals surface area contributed by atoms with Crippen molar-refractivity contribution in [3.05, 3.63) is 47.4 Å². The smallest absolute Gasteiger partial charge is 0.322 e. The minimum Gasteiger partial charge on any atom is -0.401 e. The molecule has 0 radical (unpaired) electrons. The van der Waals surface area contributed by atoms with Gasteiger partial charge in [-0.3, -0.25) is 14.8 Å². The number of hydrogen-bond donors (Lipinski definition) is 1. The van der Waals surface area contributed by atoms with Crippen LogP contribution < -0.4 is 5.32 Å². The van der Waals surface area contributed by atoms with Gasteiger partial charge in [-0.1, -0.05) is 11.2 Å². The van der Waals surface area contributed by atoms with Gasteiger partial charge in [0.25, 0.3) is 11.8 Å². The number of amides is 1. The molecule has 112 valence electrons. The first kappa shape index (κ1) is 13.9. The number of aromatic nitrogens is 4. The molecule has 7 nitrogen and oxygen atoms in total. The highest BCUT2D eigenvalue weighted by molar-refractivity contribution is 6.03. The van der Waals surface area contributed by atoms with E-state index < -0.39 is 11.7 Å². The van der Waals surface area contributed by atoms with E-state index in [1.54, 1.807) is 17.8 Å². The Morgan fingerprint density at radius 3 is 2.82 bits per heavy atom. The molecule has 0 bridgehead atoms. The van der Waals surface area contributed by atoms with Crippen molar-refractivity contribution in [1.29, 1.82) is 0 Å². The molecular formula is C14H12FN5O2. The number of anilines is 1. The van der Waals surface area contributed by atoms with Crippen molar-refractivity contribution in [2.75, 3.05) is 5.32 Å². The summed E-state index contributed by atoms with van der Waals surface area (Å²) in [6.07, 6.45) is 0. The second-order valence-corrected chi connectivity index (χ2v) is 4.67. The van der Waals surface area contributed by atoms with Gasteiger partial charge in [-0.2, -0.15) is 5.10 Å². The van der Waals surface area contributed by atoms with E-state index in [0.717, 1.165) is 11.8 Å². The first-order valence-electron chi connectivity index (χ1n) is 6.44. The van der Waals surface area contributed by atoms with E-state index in [2.05, 4.69) is 20.6 Å². The van der Waals surface area contributed by atoms with Crippen molar-refractivity contribution < 1.29 is 13.6 Å². The van der Waals surface area contributed by atoms with E-state index in [-0.39, 0.29) is 17.5 Å². The first-order valence-corrected chi connectivity index (χ1v) is 6.44. The minimum atomic E-state index is -0.535. The quantitative estimate of drug-likeness (QED) is 0.801. The molecule has 2 heterocycles. The summed E-state index contributed by atoms with van der Waals surface area (Å²) in [5.41, 5.74) is 1.60. The Balaban J connectivity index is 1.78. The fourth-order valence-electron chi connectivity index (χ4n) is 1.84. The second-order valence-electron chi connectivity index (χ2n) is 4.67. The lowest BCUT2D eigenvalue weighted by Crippen LogP contribution is -2.12. The van der Waals surface area contributed by atoms with Gasteiger partial charge < -0.3 is 4.42 Å². The number of hydrogen-bond acceptors (Lipinski definition) is 5. The maximum atomic E-state index is 13.1. The zero-order chi connectivity index (χ0) is 15.7. The Hall–Kier alpha value is -3.03. The van der Waals surface area contributed by atoms with Crippen LogP contribution in [0.15, 0.2) is 34.7 Å². The molecule has 0 aliphatic rings. The number of nitrogens with zero attached hydrogens (tertiary/aromatic N) is 4. The van der Waals surface area contributed by atoms with Crippen LogP contribution in [0.5, 0.6) is 0 Å². The molecule has 0 atom stereocenters. The fraction of sp³-hybridized carbons (Fsp3) is 0.143. The summed E-state index contributed by atoms with van der Waals surface area (Å²) in [5.74, 6) is -0.840. The number of halogens is 1. The highest BCUT2D eigenvalue weighted by Crippen LogP contribution is 2.19. The van der Waals surface area contributed by atoms with Gasteiger partial charge >= 0.3 is 6.01 Å². The van der Waals surface area contributed by atoms with Crippen LogP contribution in [-0.4, -0.2) is 25.9 Å². The molecule has 22 heavy (non-hydrogen) atoms. The van der Waals surface area contributed by atoms with Crippen LogP contribution in [0.3, 0.4) is 0 Å². The van der Waals surface area contributed by atoms with Crippen LogP contribution in [0.25, 0.3) is 11.6 Å². The van der Waals surface area contributed by atoms with Gasteiger partial charge in [0.2, 0.25) is 0 Å². The molecule has 0 fully saturated rings. The maximum absolute atomic E-state index is 13.1. The van der Waals surface area contributed by atoms with E-state index in [1.807, 2.05) is 6.92 Å². The molecule has 2 aromatic heterocycles. The molecule has 1 aromatic carbocycles. The summed E-state index contributed by atoms with van der Waals surface area (Å²) in [5, 5.41) is 14.2. The molecule has 1 amide bonds. The Morgan fingerprint density at radius 1 is 1.32 bits per heavy atom. The van der Waals surface area contributed by atoms with Crippen LogP contribution in [0.2, 0.25) is 0 Å². The number of carbonyl (C=O) groups is 1. The predicted molar refractivity (Wildman–Crippen MR) is 75.6 cm³/mol. The fourth-order valence-corrected chi connectivity index (χ4v) is 1.84. The summed E-state index contributed by atoms with van der Waals surface area (Å²) in [7, 11) is 1.79. The molecule has 8 heteroatoms. The van der Waals surface area contributed by atoms with Crippen LogP contribution >= 0.6 is 0 Å². The van der Waals surface area contributed by atoms with E-state index in [1.165, 1.54) is 18.2 Å². The average Bonchev–Trinajstić information content (AvgIpc) is 3.06.